The van der Waals surface area contributed by atoms with E-state index in [1.807, 2.05) is 0 Å². The summed E-state index contributed by atoms with van der Waals surface area (Å²) in [6.45, 7) is 2.72. The van der Waals surface area contributed by atoms with Crippen molar-refractivity contribution in [2.45, 2.75) is 25.8 Å². The molecule has 0 aromatic heterocycles. The highest BCUT2D eigenvalue weighted by Crippen LogP contribution is 2.39. The maximum Gasteiger partial charge on any atom is 0.231 e. The Morgan fingerprint density at radius 1 is 1.12 bits per heavy atom. The summed E-state index contributed by atoms with van der Waals surface area (Å²) in [5, 5.41) is 10.3. The second-order valence-corrected chi connectivity index (χ2v) is 6.89. The first kappa shape index (κ1) is 16.8. The van der Waals surface area contributed by atoms with Crippen LogP contribution < -0.4 is 9.64 Å². The molecule has 1 saturated heterocycles. The third-order valence-electron chi connectivity index (χ3n) is 5.10. The van der Waals surface area contributed by atoms with Crippen LogP contribution in [-0.2, 0) is 6.54 Å². The second-order valence-electron chi connectivity index (χ2n) is 6.89. The van der Waals surface area contributed by atoms with E-state index in [-0.39, 0.29) is 17.3 Å². The molecule has 4 nitrogen and oxygen atoms in total. The predicted octanol–water partition coefficient (Wildman–Crippen LogP) is 2.72. The van der Waals surface area contributed by atoms with Gasteiger partial charge in [0.05, 0.1) is 24.2 Å². The molecule has 5 heteroatoms. The van der Waals surface area contributed by atoms with Crippen molar-refractivity contribution in [3.05, 3.63) is 64.7 Å². The van der Waals surface area contributed by atoms with Crippen LogP contribution in [0.25, 0.3) is 6.08 Å². The molecule has 26 heavy (non-hydrogen) atoms. The van der Waals surface area contributed by atoms with Gasteiger partial charge in [-0.25, -0.2) is 4.39 Å². The molecule has 0 aliphatic carbocycles. The summed E-state index contributed by atoms with van der Waals surface area (Å²) < 4.78 is 19.7. The summed E-state index contributed by atoms with van der Waals surface area (Å²) in [6.07, 6.45) is 5.01. The number of ketones is 1. The standard InChI is InChI=1S/C21H20FNO3/c22-17-7-3-2-6-14(17)12-19-20(25)15-8-9-18(24)16(21(15)26-19)13-23-10-4-1-5-11-23/h2-3,6-9,12,24H,1,4-5,10-11,13H2/p+1/b19-12-. The Kier molecular flexibility index (Phi) is 4.47. The number of aromatic hydroxyl groups is 1. The maximum atomic E-state index is 13.9. The largest absolute Gasteiger partial charge is 0.507 e. The van der Waals surface area contributed by atoms with Gasteiger partial charge in [-0.2, -0.15) is 0 Å². The van der Waals surface area contributed by atoms with Gasteiger partial charge in [0.25, 0.3) is 0 Å². The molecule has 2 heterocycles. The number of hydrogen-bond donors (Lipinski definition) is 2. The highest BCUT2D eigenvalue weighted by Gasteiger charge is 2.32. The molecule has 2 aliphatic heterocycles. The first-order valence-corrected chi connectivity index (χ1v) is 9.00. The number of benzene rings is 2. The van der Waals surface area contributed by atoms with Crippen molar-refractivity contribution in [1.29, 1.82) is 0 Å². The van der Waals surface area contributed by atoms with E-state index in [1.54, 1.807) is 30.3 Å². The van der Waals surface area contributed by atoms with Gasteiger partial charge in [-0.1, -0.05) is 18.2 Å². The summed E-state index contributed by atoms with van der Waals surface area (Å²) in [4.78, 5) is 14.0. The Balaban J connectivity index is 1.67. The molecule has 0 unspecified atom stereocenters. The highest BCUT2D eigenvalue weighted by atomic mass is 19.1. The van der Waals surface area contributed by atoms with Gasteiger partial charge in [0.2, 0.25) is 5.78 Å². The third kappa shape index (κ3) is 3.10. The SMILES string of the molecule is O=C1/C(=C/c2ccccc2F)Oc2c1ccc(O)c2C[NH+]1CCCCC1. The van der Waals surface area contributed by atoms with Crippen LogP contribution in [0, 0.1) is 5.82 Å². The van der Waals surface area contributed by atoms with E-state index in [2.05, 4.69) is 0 Å². The third-order valence-corrected chi connectivity index (χ3v) is 5.10. The van der Waals surface area contributed by atoms with Crippen LogP contribution >= 0.6 is 0 Å². The van der Waals surface area contributed by atoms with Gasteiger partial charge in [-0.3, -0.25) is 4.79 Å². The van der Waals surface area contributed by atoms with E-state index in [0.29, 0.717) is 29.0 Å². The molecule has 0 saturated carbocycles. The van der Waals surface area contributed by atoms with E-state index in [0.717, 1.165) is 13.1 Å². The van der Waals surface area contributed by atoms with Crippen molar-refractivity contribution >= 4 is 11.9 Å². The zero-order valence-corrected chi connectivity index (χ0v) is 14.4. The minimum absolute atomic E-state index is 0.0885. The average molecular weight is 354 g/mol. The van der Waals surface area contributed by atoms with Gasteiger partial charge >= 0.3 is 0 Å². The monoisotopic (exact) mass is 354 g/mol. The Bertz CT molecular complexity index is 885. The molecule has 2 aliphatic rings. The van der Waals surface area contributed by atoms with E-state index < -0.39 is 5.82 Å². The predicted molar refractivity (Wildman–Crippen MR) is 95.7 cm³/mol. The molecule has 2 aromatic carbocycles. The second kappa shape index (κ2) is 6.92. The minimum atomic E-state index is -0.409. The Hall–Kier alpha value is -2.66. The fourth-order valence-electron chi connectivity index (χ4n) is 3.68. The number of hydrogen-bond acceptors (Lipinski definition) is 3. The summed E-state index contributed by atoms with van der Waals surface area (Å²) in [5.74, 6) is -0.0469. The summed E-state index contributed by atoms with van der Waals surface area (Å²) in [5.41, 5.74) is 1.39. The molecule has 0 bridgehead atoms. The number of likely N-dealkylation sites (tertiary alicyclic amines) is 1. The maximum absolute atomic E-state index is 13.9. The van der Waals surface area contributed by atoms with Crippen LogP contribution in [0.3, 0.4) is 0 Å². The van der Waals surface area contributed by atoms with Crippen molar-refractivity contribution in [3.63, 3.8) is 0 Å². The van der Waals surface area contributed by atoms with Crippen LogP contribution in [0.2, 0.25) is 0 Å². The number of ether oxygens (including phenoxy) is 1. The lowest BCUT2D eigenvalue weighted by Gasteiger charge is -2.24. The molecule has 1 fully saturated rings. The fourth-order valence-corrected chi connectivity index (χ4v) is 3.68. The quantitative estimate of drug-likeness (QED) is 0.834. The first-order valence-electron chi connectivity index (χ1n) is 9.00. The van der Waals surface area contributed by atoms with Crippen molar-refractivity contribution in [1.82, 2.24) is 0 Å². The zero-order valence-electron chi connectivity index (χ0n) is 14.4. The summed E-state index contributed by atoms with van der Waals surface area (Å²) in [6, 6.07) is 9.36. The number of allylic oxidation sites excluding steroid dienone is 1. The molecule has 2 N–H and O–H groups in total. The zero-order chi connectivity index (χ0) is 18.1. The molecule has 4 rings (SSSR count). The Morgan fingerprint density at radius 3 is 2.65 bits per heavy atom. The first-order chi connectivity index (χ1) is 12.6. The number of Topliss-reactive ketones (excluding diaryl/α,β-unsaturated/α-hetero) is 1. The normalized spacial score (nSPS) is 18.8. The van der Waals surface area contributed by atoms with Gasteiger partial charge in [0, 0.05) is 5.56 Å². The Morgan fingerprint density at radius 2 is 1.88 bits per heavy atom. The van der Waals surface area contributed by atoms with Gasteiger partial charge in [0.15, 0.2) is 11.5 Å². The molecule has 0 amide bonds. The van der Waals surface area contributed by atoms with Crippen molar-refractivity contribution in [2.75, 3.05) is 13.1 Å². The van der Waals surface area contributed by atoms with Crippen LogP contribution in [0.1, 0.15) is 40.7 Å². The van der Waals surface area contributed by atoms with E-state index >= 15 is 0 Å². The number of phenolic OH excluding ortho intramolecular Hbond substituents is 1. The molecule has 0 spiro atoms. The number of fused-ring (bicyclic) bond motifs is 1. The van der Waals surface area contributed by atoms with Crippen molar-refractivity contribution < 1.29 is 23.9 Å². The van der Waals surface area contributed by atoms with Crippen molar-refractivity contribution in [3.8, 4) is 11.5 Å². The highest BCUT2D eigenvalue weighted by molar-refractivity contribution is 6.15. The number of carbonyl (C=O) groups excluding carboxylic acids is 1. The number of halogens is 1. The number of nitrogens with one attached hydrogen (secondary N) is 1. The number of rotatable bonds is 3. The van der Waals surface area contributed by atoms with Crippen LogP contribution in [0.5, 0.6) is 11.5 Å². The van der Waals surface area contributed by atoms with Crippen LogP contribution in [-0.4, -0.2) is 24.0 Å². The average Bonchev–Trinajstić information content (AvgIpc) is 2.96. The van der Waals surface area contributed by atoms with Crippen molar-refractivity contribution in [2.24, 2.45) is 0 Å². The Labute approximate surface area is 151 Å². The summed E-state index contributed by atoms with van der Waals surface area (Å²) >= 11 is 0. The number of carbonyl (C=O) groups is 1. The molecule has 134 valence electrons. The number of piperidine rings is 1. The topological polar surface area (TPSA) is 51.0 Å². The fraction of sp³-hybridized carbons (Fsp3) is 0.286. The van der Waals surface area contributed by atoms with E-state index in [9.17, 15) is 14.3 Å². The number of quaternary nitrogens is 1. The minimum Gasteiger partial charge on any atom is -0.507 e. The van der Waals surface area contributed by atoms with E-state index in [4.69, 9.17) is 4.74 Å². The van der Waals surface area contributed by atoms with Gasteiger partial charge < -0.3 is 14.7 Å². The van der Waals surface area contributed by atoms with Gasteiger partial charge in [-0.15, -0.1) is 0 Å². The number of phenols is 1. The molecule has 0 radical (unpaired) electrons. The molecular formula is C21H21FNO3+. The van der Waals surface area contributed by atoms with Crippen LogP contribution in [0.15, 0.2) is 42.2 Å². The van der Waals surface area contributed by atoms with Crippen LogP contribution in [0.4, 0.5) is 4.39 Å². The lowest BCUT2D eigenvalue weighted by atomic mass is 10.0. The summed E-state index contributed by atoms with van der Waals surface area (Å²) in [7, 11) is 0. The lowest BCUT2D eigenvalue weighted by molar-refractivity contribution is -0.918. The van der Waals surface area contributed by atoms with Gasteiger partial charge in [-0.05, 0) is 43.5 Å². The molecule has 0 atom stereocenters. The van der Waals surface area contributed by atoms with E-state index in [1.165, 1.54) is 36.3 Å². The lowest BCUT2D eigenvalue weighted by Crippen LogP contribution is -3.11. The smallest absolute Gasteiger partial charge is 0.231 e. The van der Waals surface area contributed by atoms with Gasteiger partial charge in [0.1, 0.15) is 18.1 Å². The molecular weight excluding hydrogens is 333 g/mol. The molecule has 2 aromatic rings.